The van der Waals surface area contributed by atoms with Crippen LogP contribution in [0.25, 0.3) is 0 Å². The summed E-state index contributed by atoms with van der Waals surface area (Å²) < 4.78 is 5.76. The van der Waals surface area contributed by atoms with Crippen LogP contribution in [0, 0.1) is 0 Å². The van der Waals surface area contributed by atoms with E-state index < -0.39 is 17.5 Å². The predicted octanol–water partition coefficient (Wildman–Crippen LogP) is 4.68. The van der Waals surface area contributed by atoms with Crippen molar-refractivity contribution in [3.05, 3.63) is 35.4 Å². The SMILES string of the molecule is CCCCCC(CC)(CC)OC(=O)c1ccccc1C(=O)O. The van der Waals surface area contributed by atoms with E-state index in [1.54, 1.807) is 12.1 Å². The van der Waals surface area contributed by atoms with Crippen LogP contribution in [0.1, 0.15) is 80.0 Å². The second kappa shape index (κ2) is 8.57. The number of hydrogen-bond acceptors (Lipinski definition) is 3. The lowest BCUT2D eigenvalue weighted by molar-refractivity contribution is -0.0287. The van der Waals surface area contributed by atoms with E-state index in [1.165, 1.54) is 12.1 Å². The van der Waals surface area contributed by atoms with Crippen LogP contribution in [-0.2, 0) is 4.74 Å². The molecule has 0 amide bonds. The third kappa shape index (κ3) is 4.58. The Bertz CT molecular complexity index is 504. The first-order valence-electron chi connectivity index (χ1n) is 8.05. The highest BCUT2D eigenvalue weighted by Gasteiger charge is 2.31. The van der Waals surface area contributed by atoms with Gasteiger partial charge < -0.3 is 9.84 Å². The number of hydrogen-bond donors (Lipinski definition) is 1. The molecule has 0 heterocycles. The molecule has 0 aliphatic rings. The number of esters is 1. The van der Waals surface area contributed by atoms with Gasteiger partial charge in [-0.1, -0.05) is 45.7 Å². The lowest BCUT2D eigenvalue weighted by atomic mass is 9.90. The number of aromatic carboxylic acids is 1. The Balaban J connectivity index is 2.94. The summed E-state index contributed by atoms with van der Waals surface area (Å²) in [5.74, 6) is -1.66. The normalized spacial score (nSPS) is 11.2. The Labute approximate surface area is 132 Å². The average Bonchev–Trinajstić information content (AvgIpc) is 2.54. The molecule has 4 nitrogen and oxygen atoms in total. The van der Waals surface area contributed by atoms with Gasteiger partial charge in [-0.3, -0.25) is 0 Å². The van der Waals surface area contributed by atoms with Gasteiger partial charge in [-0.25, -0.2) is 9.59 Å². The summed E-state index contributed by atoms with van der Waals surface area (Å²) in [4.78, 5) is 23.7. The standard InChI is InChI=1S/C18H26O4/c1-4-7-10-13-18(5-2,6-3)22-17(21)15-12-9-8-11-14(15)16(19)20/h8-9,11-12H,4-7,10,13H2,1-3H3,(H,19,20). The molecule has 0 radical (unpaired) electrons. The molecule has 0 saturated carbocycles. The molecule has 22 heavy (non-hydrogen) atoms. The molecule has 1 rings (SSSR count). The van der Waals surface area contributed by atoms with Crippen molar-refractivity contribution in [2.24, 2.45) is 0 Å². The van der Waals surface area contributed by atoms with Gasteiger partial charge in [0.25, 0.3) is 0 Å². The summed E-state index contributed by atoms with van der Waals surface area (Å²) in [5, 5.41) is 9.19. The molecule has 0 fully saturated rings. The van der Waals surface area contributed by atoms with Crippen molar-refractivity contribution < 1.29 is 19.4 Å². The van der Waals surface area contributed by atoms with Crippen molar-refractivity contribution in [2.75, 3.05) is 0 Å². The lowest BCUT2D eigenvalue weighted by Gasteiger charge is -2.32. The number of unbranched alkanes of at least 4 members (excludes halogenated alkanes) is 2. The van der Waals surface area contributed by atoms with Gasteiger partial charge in [-0.15, -0.1) is 0 Å². The lowest BCUT2D eigenvalue weighted by Crippen LogP contribution is -2.34. The Kier molecular flexibility index (Phi) is 7.09. The molecule has 1 aromatic rings. The van der Waals surface area contributed by atoms with Crippen LogP contribution in [0.5, 0.6) is 0 Å². The Morgan fingerprint density at radius 2 is 1.64 bits per heavy atom. The van der Waals surface area contributed by atoms with Crippen LogP contribution in [0.3, 0.4) is 0 Å². The molecule has 0 atom stereocenters. The van der Waals surface area contributed by atoms with Crippen molar-refractivity contribution in [3.63, 3.8) is 0 Å². The molecular weight excluding hydrogens is 280 g/mol. The van der Waals surface area contributed by atoms with E-state index in [2.05, 4.69) is 6.92 Å². The molecule has 0 aliphatic carbocycles. The summed E-state index contributed by atoms with van der Waals surface area (Å²) in [5.41, 5.74) is -0.392. The van der Waals surface area contributed by atoms with Crippen molar-refractivity contribution in [3.8, 4) is 0 Å². The fraction of sp³-hybridized carbons (Fsp3) is 0.556. The van der Waals surface area contributed by atoms with E-state index in [9.17, 15) is 14.7 Å². The number of carboxylic acids is 1. The fourth-order valence-corrected chi connectivity index (χ4v) is 2.60. The molecule has 122 valence electrons. The quantitative estimate of drug-likeness (QED) is 0.531. The van der Waals surface area contributed by atoms with Crippen LogP contribution < -0.4 is 0 Å². The van der Waals surface area contributed by atoms with Gasteiger partial charge >= 0.3 is 11.9 Å². The molecule has 0 aliphatic heterocycles. The number of carbonyl (C=O) groups is 2. The monoisotopic (exact) mass is 306 g/mol. The van der Waals surface area contributed by atoms with Gasteiger partial charge in [-0.05, 0) is 37.8 Å². The highest BCUT2D eigenvalue weighted by atomic mass is 16.6. The minimum atomic E-state index is -1.11. The number of carbonyl (C=O) groups excluding carboxylic acids is 1. The molecule has 0 unspecified atom stereocenters. The second-order valence-corrected chi connectivity index (χ2v) is 5.59. The topological polar surface area (TPSA) is 63.6 Å². The van der Waals surface area contributed by atoms with Crippen molar-refractivity contribution in [1.29, 1.82) is 0 Å². The van der Waals surface area contributed by atoms with Gasteiger partial charge in [0.05, 0.1) is 11.1 Å². The van der Waals surface area contributed by atoms with E-state index >= 15 is 0 Å². The Hall–Kier alpha value is -1.84. The van der Waals surface area contributed by atoms with Crippen LogP contribution in [-0.4, -0.2) is 22.6 Å². The van der Waals surface area contributed by atoms with Gasteiger partial charge in [0, 0.05) is 0 Å². The zero-order valence-corrected chi connectivity index (χ0v) is 13.7. The largest absolute Gasteiger partial charge is 0.478 e. The van der Waals surface area contributed by atoms with Gasteiger partial charge in [0.1, 0.15) is 5.60 Å². The van der Waals surface area contributed by atoms with E-state index in [0.29, 0.717) is 0 Å². The first kappa shape index (κ1) is 18.2. The smallest absolute Gasteiger partial charge is 0.339 e. The number of benzene rings is 1. The maximum absolute atomic E-state index is 12.5. The molecule has 0 bridgehead atoms. The maximum atomic E-state index is 12.5. The number of rotatable bonds is 9. The Morgan fingerprint density at radius 1 is 1.05 bits per heavy atom. The zero-order valence-electron chi connectivity index (χ0n) is 13.7. The predicted molar refractivity (Wildman–Crippen MR) is 86.3 cm³/mol. The van der Waals surface area contributed by atoms with Gasteiger partial charge in [0.15, 0.2) is 0 Å². The molecular formula is C18H26O4. The minimum Gasteiger partial charge on any atom is -0.478 e. The van der Waals surface area contributed by atoms with Crippen LogP contribution >= 0.6 is 0 Å². The molecule has 1 N–H and O–H groups in total. The summed E-state index contributed by atoms with van der Waals surface area (Å²) in [7, 11) is 0. The molecule has 0 spiro atoms. The van der Waals surface area contributed by atoms with E-state index in [-0.39, 0.29) is 11.1 Å². The van der Waals surface area contributed by atoms with Crippen LogP contribution in [0.2, 0.25) is 0 Å². The van der Waals surface area contributed by atoms with E-state index in [0.717, 1.165) is 38.5 Å². The third-order valence-electron chi connectivity index (χ3n) is 4.21. The third-order valence-corrected chi connectivity index (χ3v) is 4.21. The summed E-state index contributed by atoms with van der Waals surface area (Å²) in [6.07, 6.45) is 5.49. The average molecular weight is 306 g/mol. The first-order valence-corrected chi connectivity index (χ1v) is 8.05. The zero-order chi connectivity index (χ0) is 16.6. The molecule has 4 heteroatoms. The maximum Gasteiger partial charge on any atom is 0.339 e. The van der Waals surface area contributed by atoms with Crippen LogP contribution in [0.4, 0.5) is 0 Å². The van der Waals surface area contributed by atoms with E-state index in [4.69, 9.17) is 4.74 Å². The Morgan fingerprint density at radius 3 is 2.14 bits per heavy atom. The summed E-state index contributed by atoms with van der Waals surface area (Å²) in [6, 6.07) is 6.19. The molecule has 0 aromatic heterocycles. The van der Waals surface area contributed by atoms with E-state index in [1.807, 2.05) is 13.8 Å². The van der Waals surface area contributed by atoms with Crippen molar-refractivity contribution >= 4 is 11.9 Å². The van der Waals surface area contributed by atoms with Crippen molar-refractivity contribution in [1.82, 2.24) is 0 Å². The summed E-state index contributed by atoms with van der Waals surface area (Å²) >= 11 is 0. The van der Waals surface area contributed by atoms with Gasteiger partial charge in [-0.2, -0.15) is 0 Å². The number of ether oxygens (including phenoxy) is 1. The summed E-state index contributed by atoms with van der Waals surface area (Å²) in [6.45, 7) is 6.15. The van der Waals surface area contributed by atoms with Crippen molar-refractivity contribution in [2.45, 2.75) is 64.9 Å². The highest BCUT2D eigenvalue weighted by Crippen LogP contribution is 2.29. The van der Waals surface area contributed by atoms with Gasteiger partial charge in [0.2, 0.25) is 0 Å². The fourth-order valence-electron chi connectivity index (χ4n) is 2.60. The first-order chi connectivity index (χ1) is 10.5. The second-order valence-electron chi connectivity index (χ2n) is 5.59. The van der Waals surface area contributed by atoms with Crippen LogP contribution in [0.15, 0.2) is 24.3 Å². The highest BCUT2D eigenvalue weighted by molar-refractivity contribution is 6.02. The molecule has 0 saturated heterocycles. The molecule has 1 aromatic carbocycles. The minimum absolute atomic E-state index is 0.0119. The number of carboxylic acid groups (broad SMARTS) is 1.